The first kappa shape index (κ1) is 17.7. The average Bonchev–Trinajstić information content (AvgIpc) is 3.26. The maximum absolute atomic E-state index is 12.3. The molecule has 136 valence electrons. The summed E-state index contributed by atoms with van der Waals surface area (Å²) in [6.07, 6.45) is 3.60. The van der Waals surface area contributed by atoms with Gasteiger partial charge >= 0.3 is 0 Å². The van der Waals surface area contributed by atoms with Crippen LogP contribution in [0.3, 0.4) is 0 Å². The van der Waals surface area contributed by atoms with Crippen LogP contribution >= 0.6 is 0 Å². The fourth-order valence-corrected chi connectivity index (χ4v) is 3.42. The van der Waals surface area contributed by atoms with Crippen LogP contribution in [0.1, 0.15) is 31.2 Å². The second-order valence-electron chi connectivity index (χ2n) is 6.74. The van der Waals surface area contributed by atoms with E-state index >= 15 is 0 Å². The van der Waals surface area contributed by atoms with Gasteiger partial charge in [0, 0.05) is 32.7 Å². The van der Waals surface area contributed by atoms with Crippen LogP contribution in [0.15, 0.2) is 24.3 Å². The number of likely N-dealkylation sites (tertiary alicyclic amines) is 1. The molecule has 1 N–H and O–H groups in total. The number of carbonyl (C=O) groups excluding carboxylic acids is 2. The third-order valence-electron chi connectivity index (χ3n) is 4.91. The van der Waals surface area contributed by atoms with Gasteiger partial charge in [-0.1, -0.05) is 12.1 Å². The summed E-state index contributed by atoms with van der Waals surface area (Å²) in [5.74, 6) is 0.550. The molecule has 0 aromatic heterocycles. The van der Waals surface area contributed by atoms with Crippen LogP contribution in [-0.4, -0.2) is 49.6 Å². The van der Waals surface area contributed by atoms with Crippen LogP contribution in [0.25, 0.3) is 0 Å². The van der Waals surface area contributed by atoms with Gasteiger partial charge in [-0.2, -0.15) is 0 Å². The third kappa shape index (κ3) is 4.72. The molecule has 0 spiro atoms. The number of methoxy groups -OCH3 is 1. The maximum Gasteiger partial charge on any atom is 0.225 e. The predicted octanol–water partition coefficient (Wildman–Crippen LogP) is 1.73. The van der Waals surface area contributed by atoms with Gasteiger partial charge in [0.15, 0.2) is 0 Å². The minimum Gasteiger partial charge on any atom is -0.497 e. The summed E-state index contributed by atoms with van der Waals surface area (Å²) in [5, 5.41) is 2.96. The summed E-state index contributed by atoms with van der Waals surface area (Å²) in [6.45, 7) is 2.46. The molecular formula is C19H26N2O4. The second-order valence-corrected chi connectivity index (χ2v) is 6.74. The van der Waals surface area contributed by atoms with Crippen LogP contribution in [0, 0.1) is 5.92 Å². The van der Waals surface area contributed by atoms with Crippen molar-refractivity contribution >= 4 is 11.8 Å². The van der Waals surface area contributed by atoms with Gasteiger partial charge in [-0.05, 0) is 37.0 Å². The monoisotopic (exact) mass is 346 g/mol. The topological polar surface area (TPSA) is 67.9 Å². The Morgan fingerprint density at radius 3 is 2.84 bits per heavy atom. The van der Waals surface area contributed by atoms with Crippen molar-refractivity contribution in [3.8, 4) is 5.75 Å². The van der Waals surface area contributed by atoms with E-state index in [4.69, 9.17) is 9.47 Å². The molecule has 6 heteroatoms. The first-order valence-corrected chi connectivity index (χ1v) is 8.95. The molecular weight excluding hydrogens is 320 g/mol. The zero-order valence-electron chi connectivity index (χ0n) is 14.7. The molecule has 1 aromatic rings. The molecule has 25 heavy (non-hydrogen) atoms. The SMILES string of the molecule is COc1ccc(CN2C[C@@H](C(=O)NCC[C@@H]3CCCO3)CC2=O)cc1. The summed E-state index contributed by atoms with van der Waals surface area (Å²) < 4.78 is 10.7. The van der Waals surface area contributed by atoms with Crippen molar-refractivity contribution in [3.05, 3.63) is 29.8 Å². The van der Waals surface area contributed by atoms with Gasteiger partial charge in [-0.15, -0.1) is 0 Å². The number of carbonyl (C=O) groups is 2. The van der Waals surface area contributed by atoms with Gasteiger partial charge < -0.3 is 19.7 Å². The normalized spacial score (nSPS) is 23.1. The number of amides is 2. The standard InChI is InChI=1S/C19H26N2O4/c1-24-16-6-4-14(5-7-16)12-21-13-15(11-18(21)22)19(23)20-9-8-17-3-2-10-25-17/h4-7,15,17H,2-3,8-13H2,1H3,(H,20,23)/t15-,17-/m0/s1. The van der Waals surface area contributed by atoms with E-state index in [2.05, 4.69) is 5.32 Å². The summed E-state index contributed by atoms with van der Waals surface area (Å²) in [5.41, 5.74) is 1.04. The molecule has 2 amide bonds. The van der Waals surface area contributed by atoms with Gasteiger partial charge in [0.05, 0.1) is 19.1 Å². The largest absolute Gasteiger partial charge is 0.497 e. The van der Waals surface area contributed by atoms with E-state index in [-0.39, 0.29) is 23.8 Å². The minimum atomic E-state index is -0.254. The van der Waals surface area contributed by atoms with E-state index in [0.29, 0.717) is 26.1 Å². The van der Waals surface area contributed by atoms with Crippen molar-refractivity contribution in [1.29, 1.82) is 0 Å². The van der Waals surface area contributed by atoms with Crippen LogP contribution in [0.5, 0.6) is 5.75 Å². The van der Waals surface area contributed by atoms with E-state index < -0.39 is 0 Å². The second kappa shape index (κ2) is 8.34. The summed E-state index contributed by atoms with van der Waals surface area (Å²) in [4.78, 5) is 26.3. The Morgan fingerprint density at radius 2 is 2.16 bits per heavy atom. The molecule has 2 atom stereocenters. The Labute approximate surface area is 148 Å². The molecule has 2 heterocycles. The lowest BCUT2D eigenvalue weighted by Gasteiger charge is -2.17. The molecule has 6 nitrogen and oxygen atoms in total. The zero-order chi connectivity index (χ0) is 17.6. The summed E-state index contributed by atoms with van der Waals surface area (Å²) in [6, 6.07) is 7.65. The Morgan fingerprint density at radius 1 is 1.36 bits per heavy atom. The van der Waals surface area contributed by atoms with E-state index in [1.807, 2.05) is 24.3 Å². The van der Waals surface area contributed by atoms with Crippen LogP contribution in [-0.2, 0) is 20.9 Å². The van der Waals surface area contributed by atoms with E-state index in [9.17, 15) is 9.59 Å². The third-order valence-corrected chi connectivity index (χ3v) is 4.91. The average molecular weight is 346 g/mol. The quantitative estimate of drug-likeness (QED) is 0.816. The molecule has 1 aromatic carbocycles. The highest BCUT2D eigenvalue weighted by atomic mass is 16.5. The molecule has 2 aliphatic rings. The van der Waals surface area contributed by atoms with Crippen LogP contribution < -0.4 is 10.1 Å². The van der Waals surface area contributed by atoms with Crippen LogP contribution in [0.2, 0.25) is 0 Å². The predicted molar refractivity (Wildman–Crippen MR) is 93.1 cm³/mol. The molecule has 0 saturated carbocycles. The molecule has 3 rings (SSSR count). The number of hydrogen-bond donors (Lipinski definition) is 1. The van der Waals surface area contributed by atoms with Gasteiger partial charge in [0.1, 0.15) is 5.75 Å². The Hall–Kier alpha value is -2.08. The Balaban J connectivity index is 1.44. The first-order chi connectivity index (χ1) is 12.2. The number of hydrogen-bond acceptors (Lipinski definition) is 4. The highest BCUT2D eigenvalue weighted by Gasteiger charge is 2.34. The summed E-state index contributed by atoms with van der Waals surface area (Å²) in [7, 11) is 1.63. The zero-order valence-corrected chi connectivity index (χ0v) is 14.7. The molecule has 0 unspecified atom stereocenters. The number of benzene rings is 1. The van der Waals surface area contributed by atoms with Gasteiger partial charge in [0.25, 0.3) is 0 Å². The van der Waals surface area contributed by atoms with E-state index in [1.165, 1.54) is 0 Å². The molecule has 0 bridgehead atoms. The number of nitrogens with zero attached hydrogens (tertiary/aromatic N) is 1. The first-order valence-electron chi connectivity index (χ1n) is 8.95. The highest BCUT2D eigenvalue weighted by molar-refractivity contribution is 5.89. The van der Waals surface area contributed by atoms with Crippen molar-refractivity contribution in [2.24, 2.45) is 5.92 Å². The van der Waals surface area contributed by atoms with E-state index in [0.717, 1.165) is 37.2 Å². The highest BCUT2D eigenvalue weighted by Crippen LogP contribution is 2.22. The van der Waals surface area contributed by atoms with Crippen LogP contribution in [0.4, 0.5) is 0 Å². The maximum atomic E-state index is 12.3. The molecule has 2 fully saturated rings. The lowest BCUT2D eigenvalue weighted by molar-refractivity contribution is -0.129. The van der Waals surface area contributed by atoms with Crippen molar-refractivity contribution in [3.63, 3.8) is 0 Å². The minimum absolute atomic E-state index is 0.0245. The van der Waals surface area contributed by atoms with Gasteiger partial charge in [0.2, 0.25) is 11.8 Å². The number of nitrogens with one attached hydrogen (secondary N) is 1. The van der Waals surface area contributed by atoms with Crippen molar-refractivity contribution in [1.82, 2.24) is 10.2 Å². The lowest BCUT2D eigenvalue weighted by Crippen LogP contribution is -2.34. The number of rotatable bonds is 7. The molecule has 2 saturated heterocycles. The Bertz CT molecular complexity index is 596. The molecule has 0 radical (unpaired) electrons. The Kier molecular flexibility index (Phi) is 5.91. The lowest BCUT2D eigenvalue weighted by atomic mass is 10.1. The fraction of sp³-hybridized carbons (Fsp3) is 0.579. The molecule has 2 aliphatic heterocycles. The fourth-order valence-electron chi connectivity index (χ4n) is 3.42. The van der Waals surface area contributed by atoms with E-state index in [1.54, 1.807) is 12.0 Å². The molecule has 0 aliphatic carbocycles. The van der Waals surface area contributed by atoms with Crippen molar-refractivity contribution in [2.75, 3.05) is 26.8 Å². The smallest absolute Gasteiger partial charge is 0.225 e. The van der Waals surface area contributed by atoms with Crippen molar-refractivity contribution < 1.29 is 19.1 Å². The summed E-state index contributed by atoms with van der Waals surface area (Å²) >= 11 is 0. The van der Waals surface area contributed by atoms with Gasteiger partial charge in [-0.3, -0.25) is 9.59 Å². The number of ether oxygens (including phenoxy) is 2. The van der Waals surface area contributed by atoms with Crippen molar-refractivity contribution in [2.45, 2.75) is 38.3 Å². The van der Waals surface area contributed by atoms with Gasteiger partial charge in [-0.25, -0.2) is 0 Å².